The summed E-state index contributed by atoms with van der Waals surface area (Å²) < 4.78 is 39.5. The molecule has 3 N–H and O–H groups in total. The van der Waals surface area contributed by atoms with Crippen molar-refractivity contribution in [3.05, 3.63) is 95.4 Å². The van der Waals surface area contributed by atoms with Crippen LogP contribution in [-0.4, -0.2) is 31.1 Å². The molecule has 0 fully saturated rings. The van der Waals surface area contributed by atoms with Crippen LogP contribution in [0.5, 0.6) is 0 Å². The molecule has 0 saturated heterocycles. The van der Waals surface area contributed by atoms with Crippen molar-refractivity contribution in [2.45, 2.75) is 11.8 Å². The molecule has 11 heteroatoms. The van der Waals surface area contributed by atoms with Gasteiger partial charge in [0.15, 0.2) is 5.82 Å². The fourth-order valence-electron chi connectivity index (χ4n) is 3.29. The second-order valence-electron chi connectivity index (χ2n) is 7.60. The number of rotatable bonds is 8. The van der Waals surface area contributed by atoms with Gasteiger partial charge < -0.3 is 5.32 Å². The molecule has 1 aromatic heterocycles. The van der Waals surface area contributed by atoms with Crippen molar-refractivity contribution in [3.63, 3.8) is 0 Å². The monoisotopic (exact) mass is 524 g/mol. The van der Waals surface area contributed by atoms with Gasteiger partial charge in [0.05, 0.1) is 16.2 Å². The summed E-state index contributed by atoms with van der Waals surface area (Å²) in [5.41, 5.74) is 6.18. The Kier molecular flexibility index (Phi) is 7.58. The van der Waals surface area contributed by atoms with E-state index in [1.165, 1.54) is 31.3 Å². The lowest BCUT2D eigenvalue weighted by molar-refractivity contribution is 0.588. The molecule has 0 unspecified atom stereocenters. The largest absolute Gasteiger partial charge is 0.324 e. The van der Waals surface area contributed by atoms with E-state index in [4.69, 9.17) is 11.6 Å². The smallest absolute Gasteiger partial charge is 0.240 e. The first-order valence-corrected chi connectivity index (χ1v) is 12.6. The highest BCUT2D eigenvalue weighted by Crippen LogP contribution is 2.34. The van der Waals surface area contributed by atoms with Crippen LogP contribution in [0.15, 0.2) is 88.9 Å². The molecular formula is C25H22ClFN6O2S. The Hall–Kier alpha value is -3.86. The highest BCUT2D eigenvalue weighted by molar-refractivity contribution is 7.89. The first-order valence-electron chi connectivity index (χ1n) is 10.8. The molecule has 0 spiro atoms. The maximum Gasteiger partial charge on any atom is 0.240 e. The van der Waals surface area contributed by atoms with E-state index in [0.717, 1.165) is 5.56 Å². The summed E-state index contributed by atoms with van der Waals surface area (Å²) in [7, 11) is -2.18. The number of aromatic nitrogens is 2. The van der Waals surface area contributed by atoms with Crippen molar-refractivity contribution in [1.82, 2.24) is 14.7 Å². The van der Waals surface area contributed by atoms with E-state index in [2.05, 4.69) is 30.5 Å². The lowest BCUT2D eigenvalue weighted by Crippen LogP contribution is -2.18. The lowest BCUT2D eigenvalue weighted by Gasteiger charge is -2.13. The molecule has 4 aromatic rings. The Balaban J connectivity index is 1.68. The third-order valence-corrected chi connectivity index (χ3v) is 6.91. The third-order valence-electron chi connectivity index (χ3n) is 5.21. The molecule has 3 aromatic carbocycles. The van der Waals surface area contributed by atoms with E-state index in [-0.39, 0.29) is 21.8 Å². The second kappa shape index (κ2) is 10.8. The van der Waals surface area contributed by atoms with Gasteiger partial charge in [-0.15, -0.1) is 0 Å². The summed E-state index contributed by atoms with van der Waals surface area (Å²) in [6.07, 6.45) is 0. The number of hydrogen-bond donors (Lipinski definition) is 3. The van der Waals surface area contributed by atoms with Crippen molar-refractivity contribution >= 4 is 44.8 Å². The molecule has 0 amide bonds. The van der Waals surface area contributed by atoms with Gasteiger partial charge >= 0.3 is 0 Å². The van der Waals surface area contributed by atoms with E-state index in [0.29, 0.717) is 28.3 Å². The number of halogens is 2. The average molecular weight is 525 g/mol. The summed E-state index contributed by atoms with van der Waals surface area (Å²) in [5, 5.41) is 7.64. The number of nitrogens with zero attached hydrogens (tertiary/aromatic N) is 3. The number of nitrogens with one attached hydrogen (secondary N) is 3. The first kappa shape index (κ1) is 25.2. The van der Waals surface area contributed by atoms with Crippen molar-refractivity contribution in [1.29, 1.82) is 0 Å². The first-order chi connectivity index (χ1) is 17.3. The minimum atomic E-state index is -3.53. The van der Waals surface area contributed by atoms with Gasteiger partial charge in [-0.2, -0.15) is 10.1 Å². The van der Waals surface area contributed by atoms with Crippen LogP contribution in [0.4, 0.5) is 21.8 Å². The van der Waals surface area contributed by atoms with Crippen LogP contribution in [-0.2, 0) is 10.0 Å². The Bertz CT molecular complexity index is 1500. The Morgan fingerprint density at radius 2 is 1.61 bits per heavy atom. The second-order valence-corrected chi connectivity index (χ2v) is 9.85. The van der Waals surface area contributed by atoms with E-state index in [9.17, 15) is 12.8 Å². The summed E-state index contributed by atoms with van der Waals surface area (Å²) in [4.78, 5) is 9.05. The zero-order valence-corrected chi connectivity index (χ0v) is 20.9. The highest BCUT2D eigenvalue weighted by atomic mass is 35.5. The molecule has 184 valence electrons. The minimum absolute atomic E-state index is 0.153. The fraction of sp³-hybridized carbons (Fsp3) is 0.0800. The summed E-state index contributed by atoms with van der Waals surface area (Å²) in [6.45, 7) is 1.78. The summed E-state index contributed by atoms with van der Waals surface area (Å²) >= 11 is 6.56. The molecule has 4 rings (SSSR count). The molecule has 0 bridgehead atoms. The quantitative estimate of drug-likeness (QED) is 0.161. The van der Waals surface area contributed by atoms with E-state index < -0.39 is 10.0 Å². The Labute approximate surface area is 213 Å². The fourth-order valence-corrected chi connectivity index (χ4v) is 4.30. The molecule has 0 atom stereocenters. The Morgan fingerprint density at radius 1 is 0.944 bits per heavy atom. The number of sulfonamides is 1. The van der Waals surface area contributed by atoms with E-state index >= 15 is 0 Å². The molecule has 0 saturated carbocycles. The molecule has 1 heterocycles. The van der Waals surface area contributed by atoms with Crippen LogP contribution in [0.25, 0.3) is 11.1 Å². The summed E-state index contributed by atoms with van der Waals surface area (Å²) in [6, 6.07) is 21.5. The van der Waals surface area contributed by atoms with Crippen LogP contribution < -0.4 is 15.5 Å². The number of anilines is 3. The standard InChI is InChI=1S/C25H22ClFN6O2S/c1-16(17-8-14-21(15-9-17)36(34,35)28-2)32-33-24-22(18-6-4-3-5-7-18)23(26)30-25(31-24)29-20-12-10-19(27)11-13-20/h3-15,28H,1-2H3,(H2,29,30,31,33). The predicted octanol–water partition coefficient (Wildman–Crippen LogP) is 5.42. The van der Waals surface area contributed by atoms with Crippen molar-refractivity contribution in [3.8, 4) is 11.1 Å². The van der Waals surface area contributed by atoms with Crippen molar-refractivity contribution in [2.24, 2.45) is 5.10 Å². The topological polar surface area (TPSA) is 108 Å². The van der Waals surface area contributed by atoms with Crippen LogP contribution in [0.1, 0.15) is 12.5 Å². The van der Waals surface area contributed by atoms with Gasteiger partial charge in [-0.25, -0.2) is 22.5 Å². The zero-order valence-electron chi connectivity index (χ0n) is 19.3. The van der Waals surface area contributed by atoms with Gasteiger partial charge in [0.25, 0.3) is 0 Å². The maximum atomic E-state index is 13.3. The molecule has 36 heavy (non-hydrogen) atoms. The third kappa shape index (κ3) is 5.85. The summed E-state index contributed by atoms with van der Waals surface area (Å²) in [5.74, 6) is 0.186. The molecule has 0 aliphatic carbocycles. The number of benzene rings is 3. The van der Waals surface area contributed by atoms with Gasteiger partial charge in [-0.1, -0.05) is 54.1 Å². The van der Waals surface area contributed by atoms with E-state index in [1.54, 1.807) is 31.2 Å². The van der Waals surface area contributed by atoms with Crippen LogP contribution in [0, 0.1) is 5.82 Å². The molecule has 0 aliphatic heterocycles. The van der Waals surface area contributed by atoms with Crippen molar-refractivity contribution < 1.29 is 12.8 Å². The SMILES string of the molecule is CNS(=O)(=O)c1ccc(C(C)=NNc2nc(Nc3ccc(F)cc3)nc(Cl)c2-c2ccccc2)cc1. The lowest BCUT2D eigenvalue weighted by atomic mass is 10.1. The normalized spacial score (nSPS) is 11.8. The number of hydrogen-bond acceptors (Lipinski definition) is 7. The minimum Gasteiger partial charge on any atom is -0.324 e. The van der Waals surface area contributed by atoms with Gasteiger partial charge in [-0.3, -0.25) is 5.43 Å². The maximum absolute atomic E-state index is 13.3. The zero-order chi connectivity index (χ0) is 25.7. The number of hydrazone groups is 1. The molecule has 8 nitrogen and oxygen atoms in total. The predicted molar refractivity (Wildman–Crippen MR) is 141 cm³/mol. The molecule has 0 radical (unpaired) electrons. The van der Waals surface area contributed by atoms with E-state index in [1.807, 2.05) is 30.3 Å². The van der Waals surface area contributed by atoms with Crippen LogP contribution in [0.3, 0.4) is 0 Å². The van der Waals surface area contributed by atoms with Gasteiger partial charge in [-0.05, 0) is 61.5 Å². The van der Waals surface area contributed by atoms with Gasteiger partial charge in [0.2, 0.25) is 16.0 Å². The van der Waals surface area contributed by atoms with Crippen molar-refractivity contribution in [2.75, 3.05) is 17.8 Å². The average Bonchev–Trinajstić information content (AvgIpc) is 2.89. The Morgan fingerprint density at radius 3 is 2.25 bits per heavy atom. The van der Waals surface area contributed by atoms with Crippen LogP contribution in [0.2, 0.25) is 5.15 Å². The van der Waals surface area contributed by atoms with Crippen LogP contribution >= 0.6 is 11.6 Å². The highest BCUT2D eigenvalue weighted by Gasteiger charge is 2.16. The van der Waals surface area contributed by atoms with Gasteiger partial charge in [0.1, 0.15) is 11.0 Å². The van der Waals surface area contributed by atoms with Gasteiger partial charge in [0, 0.05) is 5.69 Å². The molecule has 0 aliphatic rings. The molecular weight excluding hydrogens is 503 g/mol.